The molecule has 2 N–H and O–H groups in total. The van der Waals surface area contributed by atoms with Crippen molar-refractivity contribution in [1.29, 1.82) is 0 Å². The highest BCUT2D eigenvalue weighted by molar-refractivity contribution is 4.80. The van der Waals surface area contributed by atoms with Crippen molar-refractivity contribution >= 4 is 0 Å². The molecule has 1 aliphatic carbocycles. The van der Waals surface area contributed by atoms with Gasteiger partial charge in [0.25, 0.3) is 0 Å². The summed E-state index contributed by atoms with van der Waals surface area (Å²) < 4.78 is 4.98. The van der Waals surface area contributed by atoms with Crippen LogP contribution in [0, 0.1) is 5.41 Å². The Kier molecular flexibility index (Phi) is 7.01. The van der Waals surface area contributed by atoms with E-state index in [0.29, 0.717) is 5.41 Å². The van der Waals surface area contributed by atoms with Crippen molar-refractivity contribution in [3.8, 4) is 0 Å². The Bertz CT molecular complexity index is 167. The summed E-state index contributed by atoms with van der Waals surface area (Å²) in [6, 6.07) is 0. The predicted molar refractivity (Wildman–Crippen MR) is 68.8 cm³/mol. The minimum Gasteiger partial charge on any atom is -0.383 e. The predicted octanol–water partition coefficient (Wildman–Crippen LogP) is 1.78. The molecule has 0 amide bonds. The van der Waals surface area contributed by atoms with E-state index in [1.54, 1.807) is 7.11 Å². The number of nitrogens with one attached hydrogen (secondary N) is 2. The van der Waals surface area contributed by atoms with Gasteiger partial charge in [-0.1, -0.05) is 26.2 Å². The molecule has 16 heavy (non-hydrogen) atoms. The highest BCUT2D eigenvalue weighted by Gasteiger charge is 2.25. The Hall–Kier alpha value is -0.120. The molecule has 0 unspecified atom stereocenters. The highest BCUT2D eigenvalue weighted by Crippen LogP contribution is 2.34. The second-order valence-corrected chi connectivity index (χ2v) is 5.29. The molecule has 1 rings (SSSR count). The maximum absolute atomic E-state index is 4.98. The molecular weight excluding hydrogens is 200 g/mol. The molecule has 0 heterocycles. The van der Waals surface area contributed by atoms with Gasteiger partial charge in [-0.25, -0.2) is 0 Å². The van der Waals surface area contributed by atoms with E-state index in [9.17, 15) is 0 Å². The maximum Gasteiger partial charge on any atom is 0.0587 e. The van der Waals surface area contributed by atoms with Gasteiger partial charge in [0.05, 0.1) is 6.61 Å². The topological polar surface area (TPSA) is 33.3 Å². The molecular formula is C13H28N2O. The molecule has 1 fully saturated rings. The largest absolute Gasteiger partial charge is 0.383 e. The molecule has 0 radical (unpaired) electrons. The molecule has 0 aliphatic heterocycles. The summed E-state index contributed by atoms with van der Waals surface area (Å²) in [5, 5.41) is 6.92. The van der Waals surface area contributed by atoms with E-state index in [1.807, 2.05) is 0 Å². The SMILES string of the molecule is COCCNCCNCC1(C)CCCCC1. The summed E-state index contributed by atoms with van der Waals surface area (Å²) in [5.74, 6) is 0. The minimum absolute atomic E-state index is 0.560. The second kappa shape index (κ2) is 8.04. The van der Waals surface area contributed by atoms with Crippen LogP contribution in [0.15, 0.2) is 0 Å². The van der Waals surface area contributed by atoms with E-state index in [-0.39, 0.29) is 0 Å². The molecule has 0 saturated heterocycles. The first-order chi connectivity index (χ1) is 7.77. The Morgan fingerprint density at radius 2 is 1.69 bits per heavy atom. The summed E-state index contributed by atoms with van der Waals surface area (Å²) in [6.07, 6.45) is 7.08. The standard InChI is InChI=1S/C13H28N2O/c1-13(6-4-3-5-7-13)12-15-9-8-14-10-11-16-2/h14-15H,3-12H2,1-2H3. The Labute approximate surface area is 100 Å². The smallest absolute Gasteiger partial charge is 0.0587 e. The van der Waals surface area contributed by atoms with Gasteiger partial charge in [-0.15, -0.1) is 0 Å². The molecule has 1 saturated carbocycles. The highest BCUT2D eigenvalue weighted by atomic mass is 16.5. The van der Waals surface area contributed by atoms with E-state index >= 15 is 0 Å². The molecule has 3 nitrogen and oxygen atoms in total. The third-order valence-electron chi connectivity index (χ3n) is 3.57. The molecule has 0 aromatic heterocycles. The first kappa shape index (κ1) is 13.9. The molecule has 3 heteroatoms. The fourth-order valence-corrected chi connectivity index (χ4v) is 2.45. The van der Waals surface area contributed by atoms with E-state index in [0.717, 1.165) is 26.2 Å². The van der Waals surface area contributed by atoms with Gasteiger partial charge in [0, 0.05) is 33.3 Å². The molecule has 0 aromatic carbocycles. The monoisotopic (exact) mass is 228 g/mol. The number of hydrogen-bond acceptors (Lipinski definition) is 3. The van der Waals surface area contributed by atoms with Crippen LogP contribution in [0.3, 0.4) is 0 Å². The summed E-state index contributed by atoms with van der Waals surface area (Å²) in [7, 11) is 1.74. The van der Waals surface area contributed by atoms with Gasteiger partial charge in [-0.3, -0.25) is 0 Å². The first-order valence-electron chi connectivity index (χ1n) is 6.67. The third-order valence-corrected chi connectivity index (χ3v) is 3.57. The lowest BCUT2D eigenvalue weighted by Gasteiger charge is -2.33. The Balaban J connectivity index is 1.93. The fourth-order valence-electron chi connectivity index (χ4n) is 2.45. The summed E-state index contributed by atoms with van der Waals surface area (Å²) in [5.41, 5.74) is 0.560. The molecule has 0 aromatic rings. The van der Waals surface area contributed by atoms with Crippen LogP contribution in [0.4, 0.5) is 0 Å². The van der Waals surface area contributed by atoms with Crippen LogP contribution in [-0.4, -0.2) is 39.9 Å². The van der Waals surface area contributed by atoms with E-state index < -0.39 is 0 Å². The van der Waals surface area contributed by atoms with Crippen LogP contribution < -0.4 is 10.6 Å². The van der Waals surface area contributed by atoms with Crippen LogP contribution in [0.5, 0.6) is 0 Å². The van der Waals surface area contributed by atoms with Crippen molar-refractivity contribution in [2.45, 2.75) is 39.0 Å². The van der Waals surface area contributed by atoms with Crippen LogP contribution in [0.1, 0.15) is 39.0 Å². The maximum atomic E-state index is 4.98. The number of rotatable bonds is 8. The van der Waals surface area contributed by atoms with E-state index in [2.05, 4.69) is 17.6 Å². The fraction of sp³-hybridized carbons (Fsp3) is 1.00. The van der Waals surface area contributed by atoms with Crippen LogP contribution in [0.25, 0.3) is 0 Å². The van der Waals surface area contributed by atoms with Gasteiger partial charge >= 0.3 is 0 Å². The lowest BCUT2D eigenvalue weighted by molar-refractivity contribution is 0.197. The summed E-state index contributed by atoms with van der Waals surface area (Å²) in [6.45, 7) is 7.47. The summed E-state index contributed by atoms with van der Waals surface area (Å²) in [4.78, 5) is 0. The number of methoxy groups -OCH3 is 1. The second-order valence-electron chi connectivity index (χ2n) is 5.29. The average molecular weight is 228 g/mol. The van der Waals surface area contributed by atoms with Gasteiger partial charge in [0.15, 0.2) is 0 Å². The lowest BCUT2D eigenvalue weighted by Crippen LogP contribution is -2.37. The molecule has 1 aliphatic rings. The van der Waals surface area contributed by atoms with Crippen LogP contribution in [0.2, 0.25) is 0 Å². The average Bonchev–Trinajstić information content (AvgIpc) is 2.29. The van der Waals surface area contributed by atoms with Gasteiger partial charge in [0.2, 0.25) is 0 Å². The number of ether oxygens (including phenoxy) is 1. The first-order valence-corrected chi connectivity index (χ1v) is 6.67. The Morgan fingerprint density at radius 3 is 2.38 bits per heavy atom. The van der Waals surface area contributed by atoms with Crippen molar-refractivity contribution in [2.75, 3.05) is 39.9 Å². The summed E-state index contributed by atoms with van der Waals surface area (Å²) >= 11 is 0. The van der Waals surface area contributed by atoms with Crippen molar-refractivity contribution in [3.05, 3.63) is 0 Å². The number of hydrogen-bond donors (Lipinski definition) is 2. The van der Waals surface area contributed by atoms with Crippen molar-refractivity contribution in [1.82, 2.24) is 10.6 Å². The third kappa shape index (κ3) is 5.83. The van der Waals surface area contributed by atoms with Crippen molar-refractivity contribution in [3.63, 3.8) is 0 Å². The quantitative estimate of drug-likeness (QED) is 0.621. The van der Waals surface area contributed by atoms with Crippen LogP contribution in [-0.2, 0) is 4.74 Å². The van der Waals surface area contributed by atoms with Crippen molar-refractivity contribution < 1.29 is 4.74 Å². The van der Waals surface area contributed by atoms with E-state index in [1.165, 1.54) is 38.6 Å². The molecule has 96 valence electrons. The lowest BCUT2D eigenvalue weighted by atomic mass is 9.76. The molecule has 0 bridgehead atoms. The van der Waals surface area contributed by atoms with E-state index in [4.69, 9.17) is 4.74 Å². The van der Waals surface area contributed by atoms with Crippen LogP contribution >= 0.6 is 0 Å². The minimum atomic E-state index is 0.560. The van der Waals surface area contributed by atoms with Crippen molar-refractivity contribution in [2.24, 2.45) is 5.41 Å². The zero-order valence-corrected chi connectivity index (χ0v) is 11.0. The Morgan fingerprint density at radius 1 is 1.00 bits per heavy atom. The zero-order valence-electron chi connectivity index (χ0n) is 11.0. The van der Waals surface area contributed by atoms with Gasteiger partial charge in [0.1, 0.15) is 0 Å². The molecule has 0 atom stereocenters. The van der Waals surface area contributed by atoms with Gasteiger partial charge in [-0.2, -0.15) is 0 Å². The molecule has 0 spiro atoms. The zero-order chi connectivity index (χ0) is 11.7. The normalized spacial score (nSPS) is 19.9. The van der Waals surface area contributed by atoms with Gasteiger partial charge in [-0.05, 0) is 18.3 Å². The van der Waals surface area contributed by atoms with Gasteiger partial charge < -0.3 is 15.4 Å².